The first-order valence-electron chi connectivity index (χ1n) is 5.76. The van der Waals surface area contributed by atoms with Gasteiger partial charge in [-0.15, -0.1) is 0 Å². The summed E-state index contributed by atoms with van der Waals surface area (Å²) in [4.78, 5) is 19.7. The van der Waals surface area contributed by atoms with Crippen LogP contribution >= 0.6 is 0 Å². The normalized spacial score (nSPS) is 22.2. The fraction of sp³-hybridized carbons (Fsp3) is 0.250. The van der Waals surface area contributed by atoms with Crippen LogP contribution in [0.5, 0.6) is 0 Å². The number of ether oxygens (including phenoxy) is 1. The molecule has 0 aromatic carbocycles. The van der Waals surface area contributed by atoms with Crippen LogP contribution in [0.25, 0.3) is 11.0 Å². The molecule has 2 aromatic rings. The molecule has 0 unspecified atom stereocenters. The summed E-state index contributed by atoms with van der Waals surface area (Å²) < 4.78 is 7.26. The van der Waals surface area contributed by atoms with Gasteiger partial charge in [-0.05, 0) is 6.08 Å². The zero-order valence-corrected chi connectivity index (χ0v) is 9.93. The van der Waals surface area contributed by atoms with E-state index < -0.39 is 6.23 Å². The van der Waals surface area contributed by atoms with E-state index in [0.717, 1.165) is 0 Å². The van der Waals surface area contributed by atoms with Crippen molar-refractivity contribution in [3.8, 4) is 0 Å². The number of aromatic nitrogens is 3. The van der Waals surface area contributed by atoms with Crippen LogP contribution in [0.15, 0.2) is 35.5 Å². The Morgan fingerprint density at radius 2 is 2.26 bits per heavy atom. The maximum Gasteiger partial charge on any atom is 0.194 e. The summed E-state index contributed by atoms with van der Waals surface area (Å²) in [6.07, 6.45) is 5.68. The minimum absolute atomic E-state index is 0.0950. The molecular weight excluding hydrogens is 248 g/mol. The second kappa shape index (κ2) is 4.45. The van der Waals surface area contributed by atoms with E-state index in [1.807, 2.05) is 0 Å². The second-order valence-electron chi connectivity index (χ2n) is 4.18. The lowest BCUT2D eigenvalue weighted by Crippen LogP contribution is -2.19. The van der Waals surface area contributed by atoms with E-state index in [2.05, 4.69) is 9.97 Å². The number of rotatable bonds is 2. The Hall–Kier alpha value is -2.25. The van der Waals surface area contributed by atoms with Crippen molar-refractivity contribution >= 4 is 16.9 Å². The van der Waals surface area contributed by atoms with E-state index in [0.29, 0.717) is 5.65 Å². The number of hydrogen-bond acceptors (Lipinski definition) is 6. The maximum atomic E-state index is 11.8. The molecule has 3 rings (SSSR count). The summed E-state index contributed by atoms with van der Waals surface area (Å²) in [6, 6.07) is 1.39. The Bertz CT molecular complexity index is 710. The van der Waals surface area contributed by atoms with E-state index in [1.165, 1.54) is 12.4 Å². The van der Waals surface area contributed by atoms with Gasteiger partial charge in [-0.2, -0.15) is 0 Å². The van der Waals surface area contributed by atoms with Crippen LogP contribution < -0.4 is 11.2 Å². The van der Waals surface area contributed by atoms with Gasteiger partial charge in [0.05, 0.1) is 6.61 Å². The number of aliphatic hydroxyl groups excluding tert-OH is 1. The third-order valence-corrected chi connectivity index (χ3v) is 2.99. The number of fused-ring (bicyclic) bond motifs is 1. The molecule has 2 atom stereocenters. The fourth-order valence-electron chi connectivity index (χ4n) is 2.08. The van der Waals surface area contributed by atoms with Crippen LogP contribution in [0.3, 0.4) is 0 Å². The van der Waals surface area contributed by atoms with Crippen molar-refractivity contribution in [1.29, 1.82) is 0 Å². The van der Waals surface area contributed by atoms with E-state index in [1.54, 1.807) is 22.9 Å². The Labute approximate surface area is 108 Å². The molecule has 0 saturated heterocycles. The van der Waals surface area contributed by atoms with Crippen molar-refractivity contribution < 1.29 is 9.84 Å². The SMILES string of the molecule is Nc1ncnc2c1c(=O)ccn2[C@H]1C=C[C@@H](CO)O1. The molecule has 0 fully saturated rings. The number of aliphatic hydroxyl groups is 1. The highest BCUT2D eigenvalue weighted by atomic mass is 16.5. The standard InChI is InChI=1S/C12H12N4O3/c13-11-10-8(18)3-4-16(12(10)15-6-14-11)9-2-1-7(5-17)19-9/h1-4,6-7,9,17H,5H2,(H2,13,14,15)/t7-,9+/m0/s1. The summed E-state index contributed by atoms with van der Waals surface area (Å²) in [5.41, 5.74) is 5.89. The molecule has 2 aromatic heterocycles. The van der Waals surface area contributed by atoms with E-state index in [9.17, 15) is 4.79 Å². The number of hydrogen-bond donors (Lipinski definition) is 2. The van der Waals surface area contributed by atoms with Crippen LogP contribution in [-0.4, -0.2) is 32.4 Å². The van der Waals surface area contributed by atoms with Crippen LogP contribution in [0.4, 0.5) is 5.82 Å². The topological polar surface area (TPSA) is 103 Å². The average molecular weight is 260 g/mol. The zero-order valence-electron chi connectivity index (χ0n) is 9.93. The zero-order chi connectivity index (χ0) is 13.4. The van der Waals surface area contributed by atoms with Crippen LogP contribution in [0.1, 0.15) is 6.23 Å². The first kappa shape index (κ1) is 11.8. The molecule has 0 spiro atoms. The Morgan fingerprint density at radius 1 is 1.42 bits per heavy atom. The van der Waals surface area contributed by atoms with Crippen molar-refractivity contribution in [2.45, 2.75) is 12.3 Å². The number of pyridine rings is 1. The molecule has 0 bridgehead atoms. The van der Waals surface area contributed by atoms with Crippen molar-refractivity contribution in [2.75, 3.05) is 12.3 Å². The van der Waals surface area contributed by atoms with Crippen molar-refractivity contribution in [3.63, 3.8) is 0 Å². The quantitative estimate of drug-likeness (QED) is 0.726. The van der Waals surface area contributed by atoms with Crippen molar-refractivity contribution in [2.24, 2.45) is 0 Å². The van der Waals surface area contributed by atoms with Gasteiger partial charge in [0.15, 0.2) is 17.3 Å². The lowest BCUT2D eigenvalue weighted by Gasteiger charge is -2.17. The Morgan fingerprint density at radius 3 is 3.00 bits per heavy atom. The molecule has 19 heavy (non-hydrogen) atoms. The molecule has 0 aliphatic carbocycles. The number of nitrogen functional groups attached to an aromatic ring is 1. The first-order valence-corrected chi connectivity index (χ1v) is 5.76. The average Bonchev–Trinajstić information content (AvgIpc) is 2.88. The molecule has 0 amide bonds. The van der Waals surface area contributed by atoms with Gasteiger partial charge >= 0.3 is 0 Å². The minimum Gasteiger partial charge on any atom is -0.393 e. The largest absolute Gasteiger partial charge is 0.393 e. The van der Waals surface area contributed by atoms with E-state index in [4.69, 9.17) is 15.6 Å². The second-order valence-corrected chi connectivity index (χ2v) is 4.18. The number of nitrogens with two attached hydrogens (primary N) is 1. The molecule has 98 valence electrons. The summed E-state index contributed by atoms with van der Waals surface area (Å²) in [5.74, 6) is 0.144. The Kier molecular flexibility index (Phi) is 2.77. The lowest BCUT2D eigenvalue weighted by molar-refractivity contribution is -0.00642. The summed E-state index contributed by atoms with van der Waals surface area (Å²) in [6.45, 7) is -0.0950. The third-order valence-electron chi connectivity index (χ3n) is 2.99. The number of anilines is 1. The van der Waals surface area contributed by atoms with Gasteiger partial charge in [-0.3, -0.25) is 4.79 Å². The van der Waals surface area contributed by atoms with Crippen molar-refractivity contribution in [3.05, 3.63) is 41.0 Å². The van der Waals surface area contributed by atoms with Gasteiger partial charge in [0, 0.05) is 12.3 Å². The molecule has 0 saturated carbocycles. The molecule has 3 N–H and O–H groups in total. The first-order chi connectivity index (χ1) is 9.20. The van der Waals surface area contributed by atoms with Gasteiger partial charge in [-0.25, -0.2) is 9.97 Å². The maximum absolute atomic E-state index is 11.8. The van der Waals surface area contributed by atoms with Crippen LogP contribution in [0, 0.1) is 0 Å². The van der Waals surface area contributed by atoms with E-state index >= 15 is 0 Å². The summed E-state index contributed by atoms with van der Waals surface area (Å²) >= 11 is 0. The highest BCUT2D eigenvalue weighted by Crippen LogP contribution is 2.24. The van der Waals surface area contributed by atoms with Gasteiger partial charge < -0.3 is 20.1 Å². The summed E-state index contributed by atoms with van der Waals surface area (Å²) in [7, 11) is 0. The molecule has 7 heteroatoms. The molecular formula is C12H12N4O3. The highest BCUT2D eigenvalue weighted by molar-refractivity contribution is 5.84. The highest BCUT2D eigenvalue weighted by Gasteiger charge is 2.21. The van der Waals surface area contributed by atoms with Crippen LogP contribution in [-0.2, 0) is 4.74 Å². The fourth-order valence-corrected chi connectivity index (χ4v) is 2.08. The van der Waals surface area contributed by atoms with Gasteiger partial charge in [0.2, 0.25) is 0 Å². The van der Waals surface area contributed by atoms with Gasteiger partial charge in [0.1, 0.15) is 23.6 Å². The summed E-state index contributed by atoms with van der Waals surface area (Å²) in [5, 5.41) is 9.32. The predicted octanol–water partition coefficient (Wildman–Crippen LogP) is -0.180. The van der Waals surface area contributed by atoms with Crippen molar-refractivity contribution in [1.82, 2.24) is 14.5 Å². The number of nitrogens with zero attached hydrogens (tertiary/aromatic N) is 3. The monoisotopic (exact) mass is 260 g/mol. The molecule has 1 aliphatic rings. The smallest absolute Gasteiger partial charge is 0.194 e. The predicted molar refractivity (Wildman–Crippen MR) is 68.3 cm³/mol. The van der Waals surface area contributed by atoms with E-state index in [-0.39, 0.29) is 29.3 Å². The minimum atomic E-state index is -0.422. The lowest BCUT2D eigenvalue weighted by atomic mass is 10.3. The Balaban J connectivity index is 2.16. The molecule has 1 aliphatic heterocycles. The third kappa shape index (κ3) is 1.88. The molecule has 0 radical (unpaired) electrons. The van der Waals surface area contributed by atoms with Crippen LogP contribution in [0.2, 0.25) is 0 Å². The molecule has 3 heterocycles. The van der Waals surface area contributed by atoms with Gasteiger partial charge in [0.25, 0.3) is 0 Å². The van der Waals surface area contributed by atoms with Gasteiger partial charge in [-0.1, -0.05) is 6.08 Å². The molecule has 7 nitrogen and oxygen atoms in total.